The van der Waals surface area contributed by atoms with Gasteiger partial charge in [0, 0.05) is 7.87 Å². The average Bonchev–Trinajstić information content (AvgIpc) is 1.79. The molecular weight excluding hydrogens is 62.1 g/mol. The quantitative estimate of drug-likeness (QED) is 0.403. The van der Waals surface area contributed by atoms with E-state index in [0.29, 0.717) is 0 Å². The zero-order chi connectivity index (χ0) is 7.07. The Bertz CT molecular complexity index is 153. The highest BCUT2D eigenvalue weighted by Crippen LogP contribution is 1.92. The van der Waals surface area contributed by atoms with Gasteiger partial charge in [0.25, 0.3) is 0 Å². The van der Waals surface area contributed by atoms with E-state index in [1.54, 1.807) is 0 Å². The first kappa shape index (κ1) is 0.837. The van der Waals surface area contributed by atoms with Gasteiger partial charge in [-0.15, -0.1) is 0 Å². The molecule has 1 aliphatic heterocycles. The van der Waals surface area contributed by atoms with Crippen molar-refractivity contribution in [1.82, 2.24) is 0 Å². The third-order valence-corrected chi connectivity index (χ3v) is 0.428. The van der Waals surface area contributed by atoms with Crippen molar-refractivity contribution < 1.29 is 5.48 Å². The molecular formula is C4H7N. The molecule has 0 radical (unpaired) electrons. The van der Waals surface area contributed by atoms with Crippen molar-refractivity contribution in [1.29, 1.82) is 0 Å². The van der Waals surface area contributed by atoms with E-state index < -0.39 is 12.9 Å². The van der Waals surface area contributed by atoms with E-state index in [1.807, 2.05) is 0 Å². The minimum Gasteiger partial charge on any atom is -0.298 e. The van der Waals surface area contributed by atoms with Crippen LogP contribution in [0.5, 0.6) is 0 Å². The van der Waals surface area contributed by atoms with E-state index >= 15 is 0 Å². The summed E-state index contributed by atoms with van der Waals surface area (Å²) in [5.74, 6) is 0. The maximum absolute atomic E-state index is 7.04. The number of nitrogens with zero attached hydrogens (tertiary/aromatic N) is 1. The molecule has 1 aliphatic rings. The van der Waals surface area contributed by atoms with Crippen LogP contribution in [0.3, 0.4) is 0 Å². The first-order chi connectivity index (χ1) is 4.01. The maximum Gasteiger partial charge on any atom is 0.0787 e. The minimum atomic E-state index is -1.65. The summed E-state index contributed by atoms with van der Waals surface area (Å²) in [5.41, 5.74) is 0. The van der Waals surface area contributed by atoms with Gasteiger partial charge in [0.15, 0.2) is 0 Å². The van der Waals surface area contributed by atoms with Gasteiger partial charge in [-0.2, -0.15) is 0 Å². The van der Waals surface area contributed by atoms with Crippen LogP contribution in [0.25, 0.3) is 0 Å². The Kier molecular flexibility index (Phi) is 0.201. The van der Waals surface area contributed by atoms with Crippen molar-refractivity contribution in [3.63, 3.8) is 0 Å². The van der Waals surface area contributed by atoms with Gasteiger partial charge in [0.05, 0.1) is 4.11 Å². The number of hydrogen-bond acceptors (Lipinski definition) is 1. The highest BCUT2D eigenvalue weighted by Gasteiger charge is 1.85. The predicted molar refractivity (Wildman–Crippen MR) is 22.6 cm³/mol. The molecule has 0 aromatic heterocycles. The topological polar surface area (TPSA) is 12.4 Å². The maximum atomic E-state index is 7.04. The van der Waals surface area contributed by atoms with Gasteiger partial charge >= 0.3 is 0 Å². The van der Waals surface area contributed by atoms with Crippen LogP contribution in [0.4, 0.5) is 0 Å². The van der Waals surface area contributed by atoms with Crippen molar-refractivity contribution in [3.8, 4) is 0 Å². The van der Waals surface area contributed by atoms with Gasteiger partial charge in [0.1, 0.15) is 0 Å². The number of hydrogen-bond donors (Lipinski definition) is 0. The first-order valence-electron chi connectivity index (χ1n) is 3.58. The summed E-state index contributed by atoms with van der Waals surface area (Å²) in [6.45, 7) is -1.65. The van der Waals surface area contributed by atoms with E-state index in [4.69, 9.17) is 5.48 Å². The molecule has 1 nitrogen and oxygen atoms in total. The van der Waals surface area contributed by atoms with Crippen molar-refractivity contribution in [3.05, 3.63) is 0 Å². The Balaban J connectivity index is 2.74. The van der Waals surface area contributed by atoms with Gasteiger partial charge in [-0.05, 0) is 19.0 Å². The number of rotatable bonds is 0. The van der Waals surface area contributed by atoms with Crippen LogP contribution in [-0.4, -0.2) is 12.7 Å². The normalized spacial score (nSPS) is 59.2. The first-order valence-corrected chi connectivity index (χ1v) is 1.50. The van der Waals surface area contributed by atoms with Gasteiger partial charge in [-0.25, -0.2) is 0 Å². The summed E-state index contributed by atoms with van der Waals surface area (Å²) < 4.78 is 27.9. The van der Waals surface area contributed by atoms with Crippen molar-refractivity contribution >= 4 is 6.19 Å². The largest absolute Gasteiger partial charge is 0.298 e. The molecule has 0 saturated carbocycles. The van der Waals surface area contributed by atoms with E-state index in [0.717, 1.165) is 0 Å². The summed E-state index contributed by atoms with van der Waals surface area (Å²) in [6.07, 6.45) is -0.855. The fourth-order valence-electron chi connectivity index (χ4n) is 0.228. The lowest BCUT2D eigenvalue weighted by Gasteiger charge is -1.67. The molecule has 0 fully saturated rings. The molecule has 1 atom stereocenters. The molecule has 1 heteroatoms. The lowest BCUT2D eigenvalue weighted by atomic mass is 10.4. The summed E-state index contributed by atoms with van der Waals surface area (Å²) in [7, 11) is 0. The Labute approximate surface area is 37.3 Å². The second-order valence-corrected chi connectivity index (χ2v) is 0.807. The highest BCUT2D eigenvalue weighted by atomic mass is 14.7. The van der Waals surface area contributed by atoms with Crippen LogP contribution in [0.15, 0.2) is 4.99 Å². The number of aliphatic imine (C=N–C) groups is 1. The molecule has 28 valence electrons. The smallest absolute Gasteiger partial charge is 0.0787 e. The van der Waals surface area contributed by atoms with E-state index in [2.05, 4.69) is 4.99 Å². The third kappa shape index (κ3) is 0.469. The Hall–Kier alpha value is -0.330. The fourth-order valence-corrected chi connectivity index (χ4v) is 0.228. The van der Waals surface area contributed by atoms with Crippen LogP contribution in [0.1, 0.15) is 18.3 Å². The monoisotopic (exact) mass is 73.1 g/mol. The summed E-state index contributed by atoms with van der Waals surface area (Å²) in [4.78, 5) is 3.33. The van der Waals surface area contributed by atoms with Crippen molar-refractivity contribution in [2.24, 2.45) is 4.99 Å². The van der Waals surface area contributed by atoms with Gasteiger partial charge in [-0.1, -0.05) is 0 Å². The Morgan fingerprint density at radius 3 is 3.40 bits per heavy atom. The fraction of sp³-hybridized carbons (Fsp3) is 0.750. The highest BCUT2D eigenvalue weighted by molar-refractivity contribution is 5.58. The molecule has 0 spiro atoms. The molecule has 0 aromatic rings. The van der Waals surface area contributed by atoms with Gasteiger partial charge < -0.3 is 0 Å². The van der Waals surface area contributed by atoms with Crippen LogP contribution in [0.2, 0.25) is 0 Å². The third-order valence-electron chi connectivity index (χ3n) is 0.428. The van der Waals surface area contributed by atoms with Crippen LogP contribution in [-0.2, 0) is 0 Å². The molecule has 0 amide bonds. The van der Waals surface area contributed by atoms with Crippen molar-refractivity contribution in [2.75, 3.05) is 6.50 Å². The zero-order valence-electron chi connectivity index (χ0n) is 6.73. The molecule has 0 saturated heterocycles. The molecule has 0 N–H and O–H groups in total. The summed E-state index contributed by atoms with van der Waals surface area (Å²) >= 11 is 0. The zero-order valence-corrected chi connectivity index (χ0v) is 2.73. The summed E-state index contributed by atoms with van der Waals surface area (Å²) in [5, 5.41) is 0. The molecule has 1 rings (SSSR count). The molecule has 0 aromatic carbocycles. The SMILES string of the molecule is [2H]C1=NC([2H])([2H])CC1[2H]. The van der Waals surface area contributed by atoms with Gasteiger partial charge in [-0.3, -0.25) is 4.99 Å². The minimum absolute atomic E-state index is 0.0336. The Morgan fingerprint density at radius 1 is 2.20 bits per heavy atom. The second kappa shape index (κ2) is 1.20. The van der Waals surface area contributed by atoms with Crippen LogP contribution in [0, 0.1) is 0 Å². The average molecular weight is 73.1 g/mol. The van der Waals surface area contributed by atoms with Crippen LogP contribution >= 0.6 is 0 Å². The van der Waals surface area contributed by atoms with E-state index in [9.17, 15) is 0 Å². The standard InChI is InChI=1S/C4H7N/c1-2-4-5-3-1/h3H,1-2,4H2/i1D,3D,4D2. The molecule has 0 aliphatic carbocycles. The van der Waals surface area contributed by atoms with Gasteiger partial charge in [0.2, 0.25) is 0 Å². The van der Waals surface area contributed by atoms with Crippen molar-refractivity contribution in [2.45, 2.75) is 12.8 Å². The molecule has 0 bridgehead atoms. The Morgan fingerprint density at radius 2 is 3.20 bits per heavy atom. The molecule has 1 unspecified atom stereocenters. The molecule has 1 heterocycles. The lowest BCUT2D eigenvalue weighted by molar-refractivity contribution is 0.952. The van der Waals surface area contributed by atoms with E-state index in [-0.39, 0.29) is 12.6 Å². The lowest BCUT2D eigenvalue weighted by Crippen LogP contribution is -1.62. The second-order valence-electron chi connectivity index (χ2n) is 0.807. The van der Waals surface area contributed by atoms with E-state index in [1.165, 1.54) is 0 Å². The van der Waals surface area contributed by atoms with Crippen LogP contribution < -0.4 is 0 Å². The molecule has 5 heavy (non-hydrogen) atoms. The summed E-state index contributed by atoms with van der Waals surface area (Å²) in [6, 6.07) is 0. The predicted octanol–water partition coefficient (Wildman–Crippen LogP) is 0.851.